The quantitative estimate of drug-likeness (QED) is 0.691. The molecule has 90 valence electrons. The van der Waals surface area contributed by atoms with E-state index in [0.717, 1.165) is 6.04 Å². The van der Waals surface area contributed by atoms with Crippen LogP contribution in [0, 0.1) is 5.41 Å². The topological polar surface area (TPSA) is 6.48 Å². The molecule has 1 atom stereocenters. The van der Waals surface area contributed by atoms with E-state index in [1.807, 2.05) is 0 Å². The summed E-state index contributed by atoms with van der Waals surface area (Å²) in [6.07, 6.45) is 3.98. The largest absolute Gasteiger partial charge is 0.305 e. The number of likely N-dealkylation sites (N-methyl/N-ethyl adjacent to an activating group) is 2. The van der Waals surface area contributed by atoms with Gasteiger partial charge in [-0.05, 0) is 38.9 Å². The molecule has 0 aliphatic carbocycles. The van der Waals surface area contributed by atoms with Crippen molar-refractivity contribution in [1.29, 1.82) is 0 Å². The molecule has 0 aromatic heterocycles. The SMILES string of the molecule is CCCCN(C)CC1CC(C)(C)CN1C. The second-order valence-corrected chi connectivity index (χ2v) is 6.05. The Morgan fingerprint density at radius 3 is 2.53 bits per heavy atom. The molecule has 1 rings (SSSR count). The summed E-state index contributed by atoms with van der Waals surface area (Å²) in [5.74, 6) is 0. The first kappa shape index (κ1) is 13.0. The van der Waals surface area contributed by atoms with E-state index in [4.69, 9.17) is 0 Å². The van der Waals surface area contributed by atoms with E-state index in [1.165, 1.54) is 38.9 Å². The molecular formula is C13H28N2. The van der Waals surface area contributed by atoms with Crippen LogP contribution in [0.4, 0.5) is 0 Å². The Kier molecular flexibility index (Phi) is 4.60. The summed E-state index contributed by atoms with van der Waals surface area (Å²) in [4.78, 5) is 5.02. The van der Waals surface area contributed by atoms with Crippen molar-refractivity contribution >= 4 is 0 Å². The van der Waals surface area contributed by atoms with Gasteiger partial charge in [-0.3, -0.25) is 0 Å². The Hall–Kier alpha value is -0.0800. The van der Waals surface area contributed by atoms with Crippen LogP contribution < -0.4 is 0 Å². The molecule has 1 saturated heterocycles. The molecule has 0 spiro atoms. The standard InChI is InChI=1S/C13H28N2/c1-6-7-8-14(4)10-12-9-13(2,3)11-15(12)5/h12H,6-11H2,1-5H3. The maximum atomic E-state index is 2.53. The molecular weight excluding hydrogens is 184 g/mol. The van der Waals surface area contributed by atoms with Gasteiger partial charge in [0.1, 0.15) is 0 Å². The minimum Gasteiger partial charge on any atom is -0.305 e. The summed E-state index contributed by atoms with van der Waals surface area (Å²) < 4.78 is 0. The van der Waals surface area contributed by atoms with Crippen molar-refractivity contribution in [3.8, 4) is 0 Å². The van der Waals surface area contributed by atoms with Crippen LogP contribution >= 0.6 is 0 Å². The first-order valence-corrected chi connectivity index (χ1v) is 6.33. The molecule has 0 aromatic carbocycles. The first-order chi connectivity index (χ1) is 6.94. The lowest BCUT2D eigenvalue weighted by Crippen LogP contribution is -2.36. The van der Waals surface area contributed by atoms with Gasteiger partial charge < -0.3 is 9.80 Å². The normalized spacial score (nSPS) is 26.4. The summed E-state index contributed by atoms with van der Waals surface area (Å²) in [7, 11) is 4.53. The van der Waals surface area contributed by atoms with E-state index in [-0.39, 0.29) is 0 Å². The van der Waals surface area contributed by atoms with Gasteiger partial charge in [-0.15, -0.1) is 0 Å². The Morgan fingerprint density at radius 1 is 1.40 bits per heavy atom. The molecule has 0 saturated carbocycles. The zero-order valence-electron chi connectivity index (χ0n) is 11.2. The molecule has 1 unspecified atom stereocenters. The fourth-order valence-electron chi connectivity index (χ4n) is 2.75. The average Bonchev–Trinajstić information content (AvgIpc) is 2.36. The number of hydrogen-bond donors (Lipinski definition) is 0. The van der Waals surface area contributed by atoms with E-state index in [1.54, 1.807) is 0 Å². The number of unbranched alkanes of at least 4 members (excludes halogenated alkanes) is 1. The van der Waals surface area contributed by atoms with Crippen molar-refractivity contribution in [2.45, 2.75) is 46.1 Å². The lowest BCUT2D eigenvalue weighted by Gasteiger charge is -2.25. The third kappa shape index (κ3) is 4.12. The molecule has 1 fully saturated rings. The Labute approximate surface area is 95.6 Å². The predicted molar refractivity (Wildman–Crippen MR) is 67.2 cm³/mol. The van der Waals surface area contributed by atoms with Crippen molar-refractivity contribution in [2.24, 2.45) is 5.41 Å². The summed E-state index contributed by atoms with van der Waals surface area (Å²) in [6, 6.07) is 0.766. The lowest BCUT2D eigenvalue weighted by molar-refractivity contribution is 0.218. The van der Waals surface area contributed by atoms with Gasteiger partial charge in [-0.25, -0.2) is 0 Å². The fraction of sp³-hybridized carbons (Fsp3) is 1.00. The Balaban J connectivity index is 2.32. The molecule has 15 heavy (non-hydrogen) atoms. The van der Waals surface area contributed by atoms with Gasteiger partial charge >= 0.3 is 0 Å². The van der Waals surface area contributed by atoms with Crippen LogP contribution in [0.1, 0.15) is 40.0 Å². The summed E-state index contributed by atoms with van der Waals surface area (Å²) in [6.45, 7) is 10.8. The van der Waals surface area contributed by atoms with Gasteiger partial charge in [0.05, 0.1) is 0 Å². The van der Waals surface area contributed by atoms with Crippen LogP contribution in [0.3, 0.4) is 0 Å². The smallest absolute Gasteiger partial charge is 0.0225 e. The highest BCUT2D eigenvalue weighted by molar-refractivity contribution is 4.90. The van der Waals surface area contributed by atoms with Crippen molar-refractivity contribution in [1.82, 2.24) is 9.80 Å². The minimum absolute atomic E-state index is 0.519. The van der Waals surface area contributed by atoms with Crippen LogP contribution in [0.15, 0.2) is 0 Å². The second-order valence-electron chi connectivity index (χ2n) is 6.05. The van der Waals surface area contributed by atoms with Gasteiger partial charge in [0, 0.05) is 19.1 Å². The molecule has 0 N–H and O–H groups in total. The molecule has 1 aliphatic heterocycles. The third-order valence-corrected chi connectivity index (χ3v) is 3.50. The average molecular weight is 212 g/mol. The number of nitrogens with zero attached hydrogens (tertiary/aromatic N) is 2. The zero-order valence-corrected chi connectivity index (χ0v) is 11.2. The van der Waals surface area contributed by atoms with Crippen molar-refractivity contribution < 1.29 is 0 Å². The Morgan fingerprint density at radius 2 is 2.07 bits per heavy atom. The van der Waals surface area contributed by atoms with E-state index < -0.39 is 0 Å². The third-order valence-electron chi connectivity index (χ3n) is 3.50. The van der Waals surface area contributed by atoms with Gasteiger partial charge in [0.2, 0.25) is 0 Å². The van der Waals surface area contributed by atoms with Crippen molar-refractivity contribution in [2.75, 3.05) is 33.7 Å². The summed E-state index contributed by atoms with van der Waals surface area (Å²) in [5.41, 5.74) is 0.519. The molecule has 0 aromatic rings. The van der Waals surface area contributed by atoms with E-state index in [9.17, 15) is 0 Å². The molecule has 2 heteroatoms. The first-order valence-electron chi connectivity index (χ1n) is 6.33. The van der Waals surface area contributed by atoms with Gasteiger partial charge in [0.25, 0.3) is 0 Å². The zero-order chi connectivity index (χ0) is 11.5. The van der Waals surface area contributed by atoms with Crippen LogP contribution in [0.25, 0.3) is 0 Å². The molecule has 1 heterocycles. The van der Waals surface area contributed by atoms with E-state index in [2.05, 4.69) is 44.7 Å². The predicted octanol–water partition coefficient (Wildman–Crippen LogP) is 2.45. The second kappa shape index (κ2) is 5.31. The van der Waals surface area contributed by atoms with Crippen LogP contribution in [-0.2, 0) is 0 Å². The monoisotopic (exact) mass is 212 g/mol. The van der Waals surface area contributed by atoms with Gasteiger partial charge in [-0.1, -0.05) is 27.2 Å². The molecule has 0 amide bonds. The maximum absolute atomic E-state index is 2.53. The molecule has 2 nitrogen and oxygen atoms in total. The maximum Gasteiger partial charge on any atom is 0.0225 e. The fourth-order valence-corrected chi connectivity index (χ4v) is 2.75. The highest BCUT2D eigenvalue weighted by Gasteiger charge is 2.35. The van der Waals surface area contributed by atoms with Gasteiger partial charge in [0.15, 0.2) is 0 Å². The number of hydrogen-bond acceptors (Lipinski definition) is 2. The number of likely N-dealkylation sites (tertiary alicyclic amines) is 1. The molecule has 1 aliphatic rings. The molecule has 0 radical (unpaired) electrons. The van der Waals surface area contributed by atoms with E-state index >= 15 is 0 Å². The summed E-state index contributed by atoms with van der Waals surface area (Å²) >= 11 is 0. The minimum atomic E-state index is 0.519. The molecule has 0 bridgehead atoms. The highest BCUT2D eigenvalue weighted by atomic mass is 15.2. The van der Waals surface area contributed by atoms with E-state index in [0.29, 0.717) is 5.41 Å². The lowest BCUT2D eigenvalue weighted by atomic mass is 9.90. The van der Waals surface area contributed by atoms with Gasteiger partial charge in [-0.2, -0.15) is 0 Å². The Bertz CT molecular complexity index is 189. The van der Waals surface area contributed by atoms with Crippen molar-refractivity contribution in [3.05, 3.63) is 0 Å². The van der Waals surface area contributed by atoms with Crippen LogP contribution in [0.5, 0.6) is 0 Å². The van der Waals surface area contributed by atoms with Crippen LogP contribution in [-0.4, -0.2) is 49.6 Å². The number of rotatable bonds is 5. The van der Waals surface area contributed by atoms with Crippen LogP contribution in [0.2, 0.25) is 0 Å². The van der Waals surface area contributed by atoms with Crippen molar-refractivity contribution in [3.63, 3.8) is 0 Å². The highest BCUT2D eigenvalue weighted by Crippen LogP contribution is 2.32. The summed E-state index contributed by atoms with van der Waals surface area (Å²) in [5, 5.41) is 0.